The van der Waals surface area contributed by atoms with Gasteiger partial charge in [0.2, 0.25) is 11.9 Å². The van der Waals surface area contributed by atoms with Crippen LogP contribution in [0.2, 0.25) is 0 Å². The Bertz CT molecular complexity index is 2900. The number of hydrogen-bond acceptors (Lipinski definition) is 7. The van der Waals surface area contributed by atoms with Crippen molar-refractivity contribution in [2.45, 2.75) is 43.8 Å². The molecule has 0 spiro atoms. The van der Waals surface area contributed by atoms with Crippen LogP contribution in [0.5, 0.6) is 0 Å². The Labute approximate surface area is 337 Å². The van der Waals surface area contributed by atoms with Gasteiger partial charge in [-0.25, -0.2) is 9.98 Å². The number of allylic oxidation sites excluding steroid dienone is 5. The highest BCUT2D eigenvalue weighted by atomic mass is 15.4. The smallest absolute Gasteiger partial charge is 0.234 e. The molecule has 2 aromatic heterocycles. The minimum atomic E-state index is -0.792. The summed E-state index contributed by atoms with van der Waals surface area (Å²) in [7, 11) is 0. The number of para-hydroxylation sites is 1. The predicted molar refractivity (Wildman–Crippen MR) is 235 cm³/mol. The molecular formula is C50H40N8. The lowest BCUT2D eigenvalue weighted by Gasteiger charge is -2.34. The van der Waals surface area contributed by atoms with Crippen LogP contribution in [0.25, 0.3) is 44.6 Å². The topological polar surface area (TPSA) is 83.6 Å². The summed E-state index contributed by atoms with van der Waals surface area (Å²) >= 11 is 0. The van der Waals surface area contributed by atoms with Gasteiger partial charge in [0.1, 0.15) is 5.84 Å². The number of fused-ring (bicyclic) bond motifs is 7. The zero-order valence-electron chi connectivity index (χ0n) is 32.3. The number of anilines is 2. The van der Waals surface area contributed by atoms with Crippen LogP contribution in [0.3, 0.4) is 0 Å². The molecule has 3 atom stereocenters. The fraction of sp³-hybridized carbons (Fsp3) is 0.140. The SMILES string of the molecule is CC1(c2ccccc2)N=C(n2c3ccccc3c3ccc4c(c32)N(c2nc(-c3ccccc3)nc(-c3ccccc3)n2)C2C=CC=CC42C)N=C(C2=CC=CCC2)N1. The van der Waals surface area contributed by atoms with Gasteiger partial charge in [0, 0.05) is 27.3 Å². The number of hydrogen-bond donors (Lipinski definition) is 1. The van der Waals surface area contributed by atoms with Crippen LogP contribution >= 0.6 is 0 Å². The van der Waals surface area contributed by atoms with E-state index in [1.54, 1.807) is 0 Å². The number of aromatic nitrogens is 4. The molecule has 11 rings (SSSR count). The maximum Gasteiger partial charge on any atom is 0.234 e. The molecule has 2 aliphatic carbocycles. The van der Waals surface area contributed by atoms with Crippen molar-refractivity contribution in [2.75, 3.05) is 4.90 Å². The van der Waals surface area contributed by atoms with Gasteiger partial charge in [0.15, 0.2) is 17.3 Å². The molecule has 0 radical (unpaired) electrons. The first-order valence-corrected chi connectivity index (χ1v) is 20.0. The first kappa shape index (κ1) is 34.1. The number of rotatable bonds is 5. The van der Waals surface area contributed by atoms with E-state index in [-0.39, 0.29) is 6.04 Å². The van der Waals surface area contributed by atoms with Crippen molar-refractivity contribution in [1.82, 2.24) is 24.8 Å². The van der Waals surface area contributed by atoms with Crippen molar-refractivity contribution < 1.29 is 0 Å². The van der Waals surface area contributed by atoms with E-state index in [1.165, 1.54) is 5.56 Å². The van der Waals surface area contributed by atoms with Gasteiger partial charge >= 0.3 is 0 Å². The van der Waals surface area contributed by atoms with Gasteiger partial charge in [0.25, 0.3) is 0 Å². The number of amidine groups is 1. The third-order valence-electron chi connectivity index (χ3n) is 12.0. The molecule has 4 aliphatic rings. The molecule has 3 unspecified atom stereocenters. The fourth-order valence-corrected chi connectivity index (χ4v) is 9.08. The van der Waals surface area contributed by atoms with Gasteiger partial charge in [-0.05, 0) is 49.5 Å². The molecule has 5 aromatic carbocycles. The highest BCUT2D eigenvalue weighted by Gasteiger charge is 2.49. The van der Waals surface area contributed by atoms with Crippen LogP contribution in [0.15, 0.2) is 185 Å². The third-order valence-corrected chi connectivity index (χ3v) is 12.0. The average Bonchev–Trinajstić information content (AvgIpc) is 3.77. The van der Waals surface area contributed by atoms with E-state index >= 15 is 0 Å². The van der Waals surface area contributed by atoms with Crippen molar-refractivity contribution in [3.8, 4) is 22.8 Å². The Morgan fingerprint density at radius 3 is 2.09 bits per heavy atom. The van der Waals surface area contributed by atoms with E-state index < -0.39 is 11.1 Å². The predicted octanol–water partition coefficient (Wildman–Crippen LogP) is 10.6. The molecule has 8 nitrogen and oxygen atoms in total. The van der Waals surface area contributed by atoms with Crippen molar-refractivity contribution in [2.24, 2.45) is 9.98 Å². The normalized spacial score (nSPS) is 22.0. The van der Waals surface area contributed by atoms with Crippen LogP contribution in [-0.4, -0.2) is 37.4 Å². The third kappa shape index (κ3) is 5.32. The van der Waals surface area contributed by atoms with Gasteiger partial charge in [-0.2, -0.15) is 15.0 Å². The fourth-order valence-electron chi connectivity index (χ4n) is 9.08. The summed E-state index contributed by atoms with van der Waals surface area (Å²) in [5.74, 6) is 3.27. The van der Waals surface area contributed by atoms with Crippen molar-refractivity contribution in [3.63, 3.8) is 0 Å². The van der Waals surface area contributed by atoms with Crippen molar-refractivity contribution >= 4 is 45.2 Å². The Morgan fingerprint density at radius 1 is 0.690 bits per heavy atom. The summed E-state index contributed by atoms with van der Waals surface area (Å²) < 4.78 is 2.28. The number of benzene rings is 5. The lowest BCUT2D eigenvalue weighted by molar-refractivity contribution is 0.451. The number of nitrogens with one attached hydrogen (secondary N) is 1. The van der Waals surface area contributed by atoms with Crippen LogP contribution in [0.1, 0.15) is 37.8 Å². The summed E-state index contributed by atoms with van der Waals surface area (Å²) in [5.41, 5.74) is 7.13. The van der Waals surface area contributed by atoms with Crippen LogP contribution in [-0.2, 0) is 11.1 Å². The van der Waals surface area contributed by atoms with Gasteiger partial charge in [-0.1, -0.05) is 164 Å². The largest absolute Gasteiger partial charge is 0.342 e. The molecule has 0 amide bonds. The van der Waals surface area contributed by atoms with Crippen LogP contribution in [0.4, 0.5) is 11.6 Å². The van der Waals surface area contributed by atoms with Gasteiger partial charge in [0.05, 0.1) is 22.8 Å². The van der Waals surface area contributed by atoms with E-state index in [4.69, 9.17) is 24.9 Å². The average molecular weight is 753 g/mol. The Morgan fingerprint density at radius 2 is 1.38 bits per heavy atom. The molecule has 2 aliphatic heterocycles. The van der Waals surface area contributed by atoms with Gasteiger partial charge in [-0.15, -0.1) is 0 Å². The van der Waals surface area contributed by atoms with Crippen LogP contribution < -0.4 is 10.2 Å². The molecule has 0 fully saturated rings. The summed E-state index contributed by atoms with van der Waals surface area (Å²) in [5, 5.41) is 6.00. The van der Waals surface area contributed by atoms with Gasteiger partial charge in [-0.3, -0.25) is 9.47 Å². The van der Waals surface area contributed by atoms with E-state index in [0.29, 0.717) is 23.6 Å². The maximum absolute atomic E-state index is 5.56. The minimum Gasteiger partial charge on any atom is -0.342 e. The van der Waals surface area contributed by atoms with E-state index in [2.05, 4.69) is 156 Å². The van der Waals surface area contributed by atoms with E-state index in [1.807, 2.05) is 42.5 Å². The monoisotopic (exact) mass is 752 g/mol. The first-order valence-electron chi connectivity index (χ1n) is 20.0. The summed E-state index contributed by atoms with van der Waals surface area (Å²) in [4.78, 5) is 29.1. The maximum atomic E-state index is 5.56. The van der Waals surface area contributed by atoms with Crippen molar-refractivity contribution in [1.29, 1.82) is 0 Å². The molecule has 0 bridgehead atoms. The number of aliphatic imine (C=N–C) groups is 2. The number of nitrogens with zero attached hydrogens (tertiary/aromatic N) is 7. The quantitative estimate of drug-likeness (QED) is 0.189. The zero-order valence-corrected chi connectivity index (χ0v) is 32.3. The molecule has 7 aromatic rings. The molecule has 0 saturated heterocycles. The Hall–Kier alpha value is -7.19. The van der Waals surface area contributed by atoms with Crippen molar-refractivity contribution in [3.05, 3.63) is 187 Å². The lowest BCUT2D eigenvalue weighted by atomic mass is 9.76. The standard InChI is InChI=1S/C50H40N8/c1-49-32-18-17-29-41(49)58(47-52-44(33-19-7-3-8-20-33)51-45(53-47)34-21-9-4-10-22-34)43-39(49)31-30-38-37-27-15-16-28-40(37)57(42(38)43)48-54-46(35-23-11-5-12-24-35)55-50(2,56-48)36-25-13-6-14-26-36/h3-11,13-23,25-32,41H,12,24H2,1-2H3,(H,54,55,56). The molecule has 0 saturated carbocycles. The van der Waals surface area contributed by atoms with E-state index in [9.17, 15) is 0 Å². The molecule has 8 heteroatoms. The second-order valence-electron chi connectivity index (χ2n) is 15.7. The molecular weight excluding hydrogens is 713 g/mol. The first-order chi connectivity index (χ1) is 28.5. The van der Waals surface area contributed by atoms with Gasteiger partial charge < -0.3 is 5.32 Å². The molecule has 280 valence electrons. The summed E-state index contributed by atoms with van der Waals surface area (Å²) in [6.07, 6.45) is 17.3. The highest BCUT2D eigenvalue weighted by Crippen LogP contribution is 2.54. The lowest BCUT2D eigenvalue weighted by Crippen LogP contribution is -2.47. The summed E-state index contributed by atoms with van der Waals surface area (Å²) in [6, 6.07) is 43.9. The molecule has 4 heterocycles. The Kier molecular flexibility index (Phi) is 7.76. The summed E-state index contributed by atoms with van der Waals surface area (Å²) in [6.45, 7) is 4.47. The second-order valence-corrected chi connectivity index (χ2v) is 15.7. The highest BCUT2D eigenvalue weighted by molar-refractivity contribution is 6.21. The Balaban J connectivity index is 1.23. The zero-order chi connectivity index (χ0) is 38.8. The molecule has 58 heavy (non-hydrogen) atoms. The van der Waals surface area contributed by atoms with Crippen LogP contribution in [0, 0.1) is 0 Å². The second kappa shape index (κ2) is 13.2. The minimum absolute atomic E-state index is 0.123. The molecule has 1 N–H and O–H groups in total. The van der Waals surface area contributed by atoms with E-state index in [0.717, 1.165) is 68.4 Å².